The molecule has 0 saturated carbocycles. The number of carbonyl (C=O) groups excluding carboxylic acids is 2. The molecule has 0 spiro atoms. The molecule has 1 atom stereocenters. The van der Waals surface area contributed by atoms with Gasteiger partial charge in [0, 0.05) is 20.0 Å². The van der Waals surface area contributed by atoms with Gasteiger partial charge in [-0.1, -0.05) is 12.1 Å². The van der Waals surface area contributed by atoms with Gasteiger partial charge in [-0.05, 0) is 37.0 Å². The fourth-order valence-corrected chi connectivity index (χ4v) is 4.26. The summed E-state index contributed by atoms with van der Waals surface area (Å²) in [4.78, 5) is 21.9. The standard InChI is InChI=1S/C15H20N2O5S/c1-11(18)16-9-8-12-4-6-13(7-5-12)23(21,22)17-10-2-3-14(17)15(19)20/h4-7,14H,2-3,8-10H2,1H3,(H,16,18)(H,19,20)/p-1/t14-/m1/s1. The summed E-state index contributed by atoms with van der Waals surface area (Å²) in [5.41, 5.74) is 0.885. The maximum Gasteiger partial charge on any atom is 0.243 e. The normalized spacial score (nSPS) is 18.7. The first-order chi connectivity index (χ1) is 10.8. The fraction of sp³-hybridized carbons (Fsp3) is 0.467. The summed E-state index contributed by atoms with van der Waals surface area (Å²) in [6.07, 6.45) is 1.37. The Morgan fingerprint density at radius 2 is 1.96 bits per heavy atom. The molecule has 1 aliphatic heterocycles. The second-order valence-corrected chi connectivity index (χ2v) is 7.36. The molecule has 1 N–H and O–H groups in total. The predicted octanol–water partition coefficient (Wildman–Crippen LogP) is -0.732. The lowest BCUT2D eigenvalue weighted by Gasteiger charge is -2.24. The molecule has 7 nitrogen and oxygen atoms in total. The van der Waals surface area contributed by atoms with Gasteiger partial charge in [0.05, 0.1) is 16.9 Å². The Kier molecular flexibility index (Phi) is 5.38. The van der Waals surface area contributed by atoms with E-state index in [1.807, 2.05) is 0 Å². The SMILES string of the molecule is CC(=O)NCCc1ccc(S(=O)(=O)N2CCC[C@@H]2C(=O)[O-])cc1. The summed E-state index contributed by atoms with van der Waals surface area (Å²) >= 11 is 0. The Balaban J connectivity index is 2.11. The summed E-state index contributed by atoms with van der Waals surface area (Å²) < 4.78 is 26.1. The molecule has 1 heterocycles. The van der Waals surface area contributed by atoms with E-state index in [1.165, 1.54) is 19.1 Å². The second kappa shape index (κ2) is 7.10. The highest BCUT2D eigenvalue weighted by Gasteiger charge is 2.35. The van der Waals surface area contributed by atoms with Crippen LogP contribution in [0.5, 0.6) is 0 Å². The Bertz CT molecular complexity index is 684. The molecule has 0 bridgehead atoms. The van der Waals surface area contributed by atoms with E-state index in [-0.39, 0.29) is 23.8 Å². The topological polar surface area (TPSA) is 107 Å². The number of benzene rings is 1. The van der Waals surface area contributed by atoms with Gasteiger partial charge in [0.25, 0.3) is 0 Å². The van der Waals surface area contributed by atoms with Crippen molar-refractivity contribution in [1.29, 1.82) is 0 Å². The van der Waals surface area contributed by atoms with Crippen molar-refractivity contribution in [2.24, 2.45) is 0 Å². The first-order valence-electron chi connectivity index (χ1n) is 7.38. The number of nitrogens with zero attached hydrogens (tertiary/aromatic N) is 1. The molecule has 1 amide bonds. The zero-order valence-corrected chi connectivity index (χ0v) is 13.6. The van der Waals surface area contributed by atoms with Gasteiger partial charge in [-0.25, -0.2) is 8.42 Å². The molecule has 1 fully saturated rings. The monoisotopic (exact) mass is 339 g/mol. The molecule has 2 rings (SSSR count). The van der Waals surface area contributed by atoms with Crippen LogP contribution in [0.4, 0.5) is 0 Å². The lowest BCUT2D eigenvalue weighted by molar-refractivity contribution is -0.309. The van der Waals surface area contributed by atoms with Crippen LogP contribution in [0.15, 0.2) is 29.2 Å². The van der Waals surface area contributed by atoms with Gasteiger partial charge in [0.15, 0.2) is 0 Å². The highest BCUT2D eigenvalue weighted by molar-refractivity contribution is 7.89. The van der Waals surface area contributed by atoms with Crippen LogP contribution >= 0.6 is 0 Å². The van der Waals surface area contributed by atoms with E-state index >= 15 is 0 Å². The van der Waals surface area contributed by atoms with Crippen molar-refractivity contribution in [3.05, 3.63) is 29.8 Å². The van der Waals surface area contributed by atoms with Crippen LogP contribution in [0.3, 0.4) is 0 Å². The van der Waals surface area contributed by atoms with Gasteiger partial charge in [0.1, 0.15) is 0 Å². The van der Waals surface area contributed by atoms with Gasteiger partial charge in [-0.15, -0.1) is 0 Å². The van der Waals surface area contributed by atoms with Gasteiger partial charge in [0.2, 0.25) is 15.9 Å². The van der Waals surface area contributed by atoms with Crippen molar-refractivity contribution in [3.8, 4) is 0 Å². The van der Waals surface area contributed by atoms with Gasteiger partial charge in [-0.3, -0.25) is 4.79 Å². The van der Waals surface area contributed by atoms with Crippen LogP contribution in [0.2, 0.25) is 0 Å². The van der Waals surface area contributed by atoms with E-state index < -0.39 is 22.0 Å². The molecule has 0 aromatic heterocycles. The lowest BCUT2D eigenvalue weighted by atomic mass is 10.1. The molecular formula is C15H19N2O5S-. The van der Waals surface area contributed by atoms with E-state index in [0.29, 0.717) is 19.4 Å². The summed E-state index contributed by atoms with van der Waals surface area (Å²) in [5.74, 6) is -1.48. The van der Waals surface area contributed by atoms with Crippen LogP contribution in [0.1, 0.15) is 25.3 Å². The fourth-order valence-electron chi connectivity index (χ4n) is 2.61. The van der Waals surface area contributed by atoms with E-state index in [0.717, 1.165) is 9.87 Å². The third-order valence-electron chi connectivity index (χ3n) is 3.79. The van der Waals surface area contributed by atoms with E-state index in [9.17, 15) is 23.1 Å². The number of hydrogen-bond donors (Lipinski definition) is 1. The van der Waals surface area contributed by atoms with Crippen LogP contribution in [0, 0.1) is 0 Å². The highest BCUT2D eigenvalue weighted by Crippen LogP contribution is 2.26. The number of sulfonamides is 1. The van der Waals surface area contributed by atoms with Crippen molar-refractivity contribution in [3.63, 3.8) is 0 Å². The number of nitrogens with one attached hydrogen (secondary N) is 1. The van der Waals surface area contributed by atoms with Gasteiger partial charge in [-0.2, -0.15) is 4.31 Å². The van der Waals surface area contributed by atoms with Gasteiger partial charge < -0.3 is 15.2 Å². The van der Waals surface area contributed by atoms with E-state index in [2.05, 4.69) is 5.32 Å². The minimum atomic E-state index is -3.84. The van der Waals surface area contributed by atoms with Gasteiger partial charge >= 0.3 is 0 Å². The van der Waals surface area contributed by atoms with Crippen LogP contribution < -0.4 is 10.4 Å². The Morgan fingerprint density at radius 1 is 1.30 bits per heavy atom. The van der Waals surface area contributed by atoms with E-state index in [4.69, 9.17) is 0 Å². The number of carbonyl (C=O) groups is 2. The predicted molar refractivity (Wildman–Crippen MR) is 80.8 cm³/mol. The molecule has 1 saturated heterocycles. The molecule has 0 radical (unpaired) electrons. The quantitative estimate of drug-likeness (QED) is 0.735. The van der Waals surface area contributed by atoms with Crippen molar-refractivity contribution in [2.75, 3.05) is 13.1 Å². The van der Waals surface area contributed by atoms with Crippen LogP contribution in [0.25, 0.3) is 0 Å². The smallest absolute Gasteiger partial charge is 0.243 e. The summed E-state index contributed by atoms with van der Waals surface area (Å²) in [6, 6.07) is 5.16. The Morgan fingerprint density at radius 3 is 2.52 bits per heavy atom. The number of aliphatic carboxylic acids is 1. The molecule has 0 aliphatic carbocycles. The van der Waals surface area contributed by atoms with Crippen molar-refractivity contribution in [2.45, 2.75) is 37.1 Å². The Hall–Kier alpha value is -1.93. The maximum atomic E-state index is 12.5. The Labute approximate surface area is 135 Å². The maximum absolute atomic E-state index is 12.5. The minimum Gasteiger partial charge on any atom is -0.548 e. The highest BCUT2D eigenvalue weighted by atomic mass is 32.2. The molecular weight excluding hydrogens is 320 g/mol. The van der Waals surface area contributed by atoms with Crippen LogP contribution in [-0.4, -0.2) is 43.7 Å². The lowest BCUT2D eigenvalue weighted by Crippen LogP contribution is -2.46. The van der Waals surface area contributed by atoms with Crippen molar-refractivity contribution in [1.82, 2.24) is 9.62 Å². The summed E-state index contributed by atoms with van der Waals surface area (Å²) in [6.45, 7) is 2.09. The molecule has 8 heteroatoms. The number of hydrogen-bond acceptors (Lipinski definition) is 5. The number of carboxylic acids is 1. The number of amides is 1. The minimum absolute atomic E-state index is 0.0638. The molecule has 1 aromatic rings. The third-order valence-corrected chi connectivity index (χ3v) is 5.72. The molecule has 1 aromatic carbocycles. The summed E-state index contributed by atoms with van der Waals surface area (Å²) in [5, 5.41) is 13.7. The van der Waals surface area contributed by atoms with Crippen molar-refractivity contribution < 1.29 is 23.1 Å². The van der Waals surface area contributed by atoms with Crippen LogP contribution in [-0.2, 0) is 26.0 Å². The third kappa shape index (κ3) is 4.08. The molecule has 126 valence electrons. The average molecular weight is 339 g/mol. The second-order valence-electron chi connectivity index (χ2n) is 5.47. The average Bonchev–Trinajstić information content (AvgIpc) is 2.98. The summed E-state index contributed by atoms with van der Waals surface area (Å²) in [7, 11) is -3.84. The largest absolute Gasteiger partial charge is 0.548 e. The first-order valence-corrected chi connectivity index (χ1v) is 8.82. The first kappa shape index (κ1) is 17.4. The number of rotatable bonds is 6. The molecule has 1 aliphatic rings. The zero-order valence-electron chi connectivity index (χ0n) is 12.8. The van der Waals surface area contributed by atoms with Crippen molar-refractivity contribution >= 4 is 21.9 Å². The molecule has 0 unspecified atom stereocenters. The van der Waals surface area contributed by atoms with E-state index in [1.54, 1.807) is 12.1 Å². The zero-order chi connectivity index (χ0) is 17.0. The number of carboxylic acid groups (broad SMARTS) is 1. The molecule has 23 heavy (non-hydrogen) atoms.